The molecule has 2 N–H and O–H groups in total. The SMILES string of the molecule is O=P([O-])([O-])O.O=P([O-])([O-])O.[H+].[H+].[H+].[H+].[O]=[Zr]. The first-order chi connectivity index (χ1) is 5.00. The summed E-state index contributed by atoms with van der Waals surface area (Å²) < 4.78 is 25.7. The van der Waals surface area contributed by atoms with E-state index in [0.717, 1.165) is 0 Å². The van der Waals surface area contributed by atoms with Crippen LogP contribution in [-0.4, -0.2) is 9.79 Å². The second-order valence-corrected chi connectivity index (χ2v) is 2.81. The molecule has 0 radical (unpaired) electrons. The topological polar surface area (TPSA) is 184 Å². The molecule has 0 aliphatic rings. The van der Waals surface area contributed by atoms with Gasteiger partial charge in [-0.05, 0) is 0 Å². The Hall–Kier alpha value is 0.903. The van der Waals surface area contributed by atoms with Gasteiger partial charge in [0.15, 0.2) is 0 Å². The van der Waals surface area contributed by atoms with Crippen molar-refractivity contribution in [1.29, 1.82) is 0 Å². The first-order valence-electron chi connectivity index (χ1n) is 1.70. The molecule has 0 unspecified atom stereocenters. The van der Waals surface area contributed by atoms with Crippen LogP contribution in [0.4, 0.5) is 0 Å². The summed E-state index contributed by atoms with van der Waals surface area (Å²) in [5, 5.41) is 0. The van der Waals surface area contributed by atoms with Crippen LogP contribution in [0.5, 0.6) is 0 Å². The third kappa shape index (κ3) is 1310. The van der Waals surface area contributed by atoms with Crippen LogP contribution < -0.4 is 19.6 Å². The van der Waals surface area contributed by atoms with Gasteiger partial charge < -0.3 is 38.5 Å². The van der Waals surface area contributed by atoms with Gasteiger partial charge in [0, 0.05) is 0 Å². The molecule has 0 saturated carbocycles. The van der Waals surface area contributed by atoms with Crippen molar-refractivity contribution in [2.45, 2.75) is 0 Å². The Balaban J connectivity index is -0.0000000144. The molecule has 0 aromatic carbocycles. The fourth-order valence-electron chi connectivity index (χ4n) is 0. The summed E-state index contributed by atoms with van der Waals surface area (Å²) in [6.07, 6.45) is 0. The zero-order chi connectivity index (χ0) is 11.0. The summed E-state index contributed by atoms with van der Waals surface area (Å²) in [5.41, 5.74) is 0. The Morgan fingerprint density at radius 3 is 0.917 bits per heavy atom. The molecule has 0 rings (SSSR count). The number of hydrogen-bond donors (Lipinski definition) is 2. The van der Waals surface area contributed by atoms with Crippen molar-refractivity contribution in [3.63, 3.8) is 0 Å². The summed E-state index contributed by atoms with van der Waals surface area (Å²) in [6.45, 7) is 0. The summed E-state index contributed by atoms with van der Waals surface area (Å²) in [5.74, 6) is 0. The Morgan fingerprint density at radius 2 is 0.917 bits per heavy atom. The molecule has 12 heteroatoms. The molecule has 0 aliphatic heterocycles. The average Bonchev–Trinajstić information content (AvgIpc) is 1.59. The molecule has 0 atom stereocenters. The van der Waals surface area contributed by atoms with Crippen molar-refractivity contribution in [2.24, 2.45) is 0 Å². The normalized spacial score (nSPS) is 10.1. The molecule has 0 fully saturated rings. The van der Waals surface area contributed by atoms with Gasteiger partial charge in [0.05, 0.1) is 15.6 Å². The molecule has 0 aromatic rings. The second-order valence-electron chi connectivity index (χ2n) is 0.937. The van der Waals surface area contributed by atoms with Crippen LogP contribution in [0.3, 0.4) is 0 Å². The quantitative estimate of drug-likeness (QED) is 0.420. The summed E-state index contributed by atoms with van der Waals surface area (Å²) in [7, 11) is -10.3. The van der Waals surface area contributed by atoms with E-state index in [0.29, 0.717) is 24.7 Å². The van der Waals surface area contributed by atoms with Gasteiger partial charge in [-0.2, -0.15) is 0 Å². The minimum atomic E-state index is -5.14. The van der Waals surface area contributed by atoms with Gasteiger partial charge in [0.1, 0.15) is 0 Å². The number of rotatable bonds is 0. The van der Waals surface area contributed by atoms with Gasteiger partial charge in [0.2, 0.25) is 0 Å². The molecule has 0 aromatic heterocycles. The molecule has 0 aliphatic carbocycles. The van der Waals surface area contributed by atoms with Crippen LogP contribution in [0.25, 0.3) is 0 Å². The van der Waals surface area contributed by atoms with Crippen LogP contribution in [0, 0.1) is 0 Å². The van der Waals surface area contributed by atoms with Crippen molar-refractivity contribution >= 4 is 15.6 Å². The predicted molar refractivity (Wildman–Crippen MR) is 24.8 cm³/mol. The maximum absolute atomic E-state index is 8.66. The molecule has 0 bridgehead atoms. The van der Waals surface area contributed by atoms with Crippen molar-refractivity contribution in [3.8, 4) is 0 Å². The molecular formula is H6O9P2Zr. The number of phosphoric acid groups is 2. The minimum absolute atomic E-state index is 0. The Kier molecular flexibility index (Phi) is 13.2. The van der Waals surface area contributed by atoms with E-state index in [1.54, 1.807) is 0 Å². The van der Waals surface area contributed by atoms with Crippen molar-refractivity contribution in [1.82, 2.24) is 0 Å². The maximum atomic E-state index is 8.66. The Bertz CT molecular complexity index is 149. The van der Waals surface area contributed by atoms with Crippen molar-refractivity contribution in [2.75, 3.05) is 0 Å². The van der Waals surface area contributed by atoms with Crippen molar-refractivity contribution in [3.05, 3.63) is 0 Å². The van der Waals surface area contributed by atoms with Crippen LogP contribution in [0.2, 0.25) is 0 Å². The second kappa shape index (κ2) is 8.50. The molecular weight excluding hydrogens is 297 g/mol. The van der Waals surface area contributed by atoms with E-state index < -0.39 is 15.6 Å². The van der Waals surface area contributed by atoms with Crippen LogP contribution in [0.15, 0.2) is 0 Å². The fraction of sp³-hybridized carbons (Fsp3) is 0. The summed E-state index contributed by atoms with van der Waals surface area (Å²) >= 11 is 0.300. The monoisotopic (exact) mass is 302 g/mol. The third-order valence-corrected chi connectivity index (χ3v) is 0. The van der Waals surface area contributed by atoms with Crippen LogP contribution in [0.1, 0.15) is 5.71 Å². The van der Waals surface area contributed by atoms with Gasteiger partial charge in [-0.25, -0.2) is 0 Å². The standard InChI is InChI=1S/2H3O4P.O.Zr/c2*1-5(2,3)4;;/h2*(H3,1,2,3,4);;. The molecule has 0 saturated heterocycles. The molecule has 0 heterocycles. The van der Waals surface area contributed by atoms with Gasteiger partial charge >= 0.3 is 33.2 Å². The van der Waals surface area contributed by atoms with E-state index in [4.69, 9.17) is 41.3 Å². The van der Waals surface area contributed by atoms with E-state index in [9.17, 15) is 0 Å². The zero-order valence-corrected chi connectivity index (χ0v) is 9.39. The van der Waals surface area contributed by atoms with Gasteiger partial charge in [-0.3, -0.25) is 0 Å². The Labute approximate surface area is 87.8 Å². The average molecular weight is 303 g/mol. The molecule has 74 valence electrons. The first-order valence-corrected chi connectivity index (χ1v) is 5.69. The first kappa shape index (κ1) is 18.6. The molecule has 0 amide bonds. The predicted octanol–water partition coefficient (Wildman–Crippen LogP) is -4.06. The van der Waals surface area contributed by atoms with Gasteiger partial charge in [0.25, 0.3) is 0 Å². The Morgan fingerprint density at radius 1 is 0.917 bits per heavy atom. The van der Waals surface area contributed by atoms with Crippen LogP contribution >= 0.6 is 15.6 Å². The van der Waals surface area contributed by atoms with E-state index in [-0.39, 0.29) is 5.71 Å². The zero-order valence-electron chi connectivity index (χ0n) is 9.15. The molecule has 12 heavy (non-hydrogen) atoms. The van der Waals surface area contributed by atoms with E-state index in [1.165, 1.54) is 0 Å². The van der Waals surface area contributed by atoms with E-state index >= 15 is 0 Å². The summed E-state index contributed by atoms with van der Waals surface area (Å²) in [4.78, 5) is 48.6. The molecule has 0 spiro atoms. The molecule has 9 nitrogen and oxygen atoms in total. The van der Waals surface area contributed by atoms with Gasteiger partial charge in [-0.1, -0.05) is 0 Å². The van der Waals surface area contributed by atoms with Crippen molar-refractivity contribution < 1.29 is 71.7 Å². The van der Waals surface area contributed by atoms with E-state index in [1.807, 2.05) is 0 Å². The number of hydrogen-bond acceptors (Lipinski definition) is 7. The van der Waals surface area contributed by atoms with Gasteiger partial charge in [-0.15, -0.1) is 0 Å². The summed E-state index contributed by atoms with van der Waals surface area (Å²) in [6, 6.07) is 0. The fourth-order valence-corrected chi connectivity index (χ4v) is 0. The van der Waals surface area contributed by atoms with E-state index in [2.05, 4.69) is 0 Å². The van der Waals surface area contributed by atoms with Crippen LogP contribution in [-0.2, 0) is 36.7 Å². The third-order valence-electron chi connectivity index (χ3n) is 0.